The number of carbonyl (C=O) groups is 2. The molecule has 152 valence electrons. The van der Waals surface area contributed by atoms with Crippen molar-refractivity contribution in [2.75, 3.05) is 13.7 Å². The number of urea groups is 1. The maximum absolute atomic E-state index is 12.5. The predicted octanol–water partition coefficient (Wildman–Crippen LogP) is 3.91. The Morgan fingerprint density at radius 2 is 2.00 bits per heavy atom. The lowest BCUT2D eigenvalue weighted by atomic mass is 9.87. The van der Waals surface area contributed by atoms with Crippen molar-refractivity contribution in [3.8, 4) is 0 Å². The first-order valence-electron chi connectivity index (χ1n) is 9.56. The number of rotatable bonds is 5. The molecule has 1 aliphatic rings. The summed E-state index contributed by atoms with van der Waals surface area (Å²) in [7, 11) is 1.51. The van der Waals surface area contributed by atoms with E-state index in [0.29, 0.717) is 5.92 Å². The number of nitrogens with one attached hydrogen (secondary N) is 3. The molecule has 3 N–H and O–H groups in total. The summed E-state index contributed by atoms with van der Waals surface area (Å²) in [6.07, 6.45) is 10.5. The summed E-state index contributed by atoms with van der Waals surface area (Å²) in [5, 5.41) is 8.41. The quantitative estimate of drug-likeness (QED) is 0.679. The number of hydrogen-bond donors (Lipinski definition) is 3. The molecular weight excluding hydrogens is 342 g/mol. The molecule has 1 rings (SSSR count). The smallest absolute Gasteiger partial charge is 0.406 e. The molecule has 3 unspecified atom stereocenters. The van der Waals surface area contributed by atoms with Crippen LogP contribution in [0.25, 0.3) is 0 Å². The van der Waals surface area contributed by atoms with Gasteiger partial charge in [0.2, 0.25) is 0 Å². The predicted molar refractivity (Wildman–Crippen MR) is 110 cm³/mol. The van der Waals surface area contributed by atoms with Gasteiger partial charge in [-0.1, -0.05) is 57.2 Å². The summed E-state index contributed by atoms with van der Waals surface area (Å²) < 4.78 is 5.14. The molecular formula is C21H35N3O3. The highest BCUT2D eigenvalue weighted by Crippen LogP contribution is 2.23. The van der Waals surface area contributed by atoms with Gasteiger partial charge in [0, 0.05) is 13.1 Å². The molecule has 0 radical (unpaired) electrons. The van der Waals surface area contributed by atoms with Gasteiger partial charge in [0.1, 0.15) is 6.61 Å². The third-order valence-corrected chi connectivity index (χ3v) is 4.81. The van der Waals surface area contributed by atoms with Crippen LogP contribution in [0.3, 0.4) is 0 Å². The number of allylic oxidation sites excluding steroid dienone is 5. The van der Waals surface area contributed by atoms with Crippen molar-refractivity contribution in [2.24, 2.45) is 11.3 Å². The topological polar surface area (TPSA) is 79.5 Å². The van der Waals surface area contributed by atoms with Crippen LogP contribution in [0.4, 0.5) is 9.59 Å². The minimum absolute atomic E-state index is 0.00197. The highest BCUT2D eigenvalue weighted by Gasteiger charge is 2.29. The molecule has 0 saturated heterocycles. The Morgan fingerprint density at radius 1 is 1.30 bits per heavy atom. The number of alkyl carbamates (subject to hydrolysis) is 1. The average molecular weight is 378 g/mol. The first-order valence-corrected chi connectivity index (χ1v) is 9.56. The second kappa shape index (κ2) is 10.8. The lowest BCUT2D eigenvalue weighted by Crippen LogP contribution is -2.53. The summed E-state index contributed by atoms with van der Waals surface area (Å²) in [5.74, 6) is 0.311. The van der Waals surface area contributed by atoms with Crippen LogP contribution in [-0.4, -0.2) is 37.9 Å². The van der Waals surface area contributed by atoms with Crippen LogP contribution in [0.1, 0.15) is 47.0 Å². The van der Waals surface area contributed by atoms with E-state index in [2.05, 4.69) is 28.6 Å². The average Bonchev–Trinajstić information content (AvgIpc) is 2.69. The summed E-state index contributed by atoms with van der Waals surface area (Å²) in [6, 6.07) is -0.551. The van der Waals surface area contributed by atoms with E-state index >= 15 is 0 Å². The van der Waals surface area contributed by atoms with Gasteiger partial charge in [0.15, 0.2) is 0 Å². The maximum Gasteiger partial charge on any atom is 0.406 e. The van der Waals surface area contributed by atoms with Gasteiger partial charge < -0.3 is 20.7 Å². The van der Waals surface area contributed by atoms with Crippen molar-refractivity contribution in [3.05, 3.63) is 36.5 Å². The number of hydrogen-bond acceptors (Lipinski definition) is 3. The maximum atomic E-state index is 12.5. The van der Waals surface area contributed by atoms with Gasteiger partial charge in [-0.15, -0.1) is 0 Å². The summed E-state index contributed by atoms with van der Waals surface area (Å²) >= 11 is 0. The SMILES string of the molecule is C=C1/C=C\C=C/CCC(C(C)NC(=O)NC(COC(=O)NC)C(C)(C)C)C1. The van der Waals surface area contributed by atoms with Gasteiger partial charge in [0.05, 0.1) is 6.04 Å². The van der Waals surface area contributed by atoms with Gasteiger partial charge in [-0.25, -0.2) is 9.59 Å². The molecule has 0 spiro atoms. The van der Waals surface area contributed by atoms with Crippen LogP contribution >= 0.6 is 0 Å². The van der Waals surface area contributed by atoms with Gasteiger partial charge in [-0.05, 0) is 37.5 Å². The van der Waals surface area contributed by atoms with Crippen molar-refractivity contribution >= 4 is 12.1 Å². The second-order valence-corrected chi connectivity index (χ2v) is 8.16. The molecule has 6 nitrogen and oxygen atoms in total. The van der Waals surface area contributed by atoms with E-state index in [9.17, 15) is 9.59 Å². The first-order chi connectivity index (χ1) is 12.6. The van der Waals surface area contributed by atoms with Crippen LogP contribution in [-0.2, 0) is 4.74 Å². The fraction of sp³-hybridized carbons (Fsp3) is 0.619. The molecule has 0 aliphatic heterocycles. The molecule has 3 atom stereocenters. The zero-order valence-electron chi connectivity index (χ0n) is 17.3. The van der Waals surface area contributed by atoms with E-state index < -0.39 is 6.09 Å². The first kappa shape index (κ1) is 22.8. The lowest BCUT2D eigenvalue weighted by molar-refractivity contribution is 0.109. The molecule has 3 amide bonds. The third-order valence-electron chi connectivity index (χ3n) is 4.81. The monoisotopic (exact) mass is 377 g/mol. The van der Waals surface area contributed by atoms with Gasteiger partial charge in [-0.2, -0.15) is 0 Å². The number of amides is 3. The van der Waals surface area contributed by atoms with Crippen molar-refractivity contribution in [1.82, 2.24) is 16.0 Å². The Labute approximate surface area is 163 Å². The lowest BCUT2D eigenvalue weighted by Gasteiger charge is -2.32. The molecule has 27 heavy (non-hydrogen) atoms. The summed E-state index contributed by atoms with van der Waals surface area (Å²) in [4.78, 5) is 23.9. The number of ether oxygens (including phenoxy) is 1. The van der Waals surface area contributed by atoms with Crippen LogP contribution in [0.2, 0.25) is 0 Å². The van der Waals surface area contributed by atoms with Crippen molar-refractivity contribution in [1.29, 1.82) is 0 Å². The molecule has 6 heteroatoms. The van der Waals surface area contributed by atoms with E-state index in [1.54, 1.807) is 0 Å². The summed E-state index contributed by atoms with van der Waals surface area (Å²) in [5.41, 5.74) is 0.809. The zero-order valence-corrected chi connectivity index (χ0v) is 17.3. The summed E-state index contributed by atoms with van der Waals surface area (Å²) in [6.45, 7) is 12.2. The highest BCUT2D eigenvalue weighted by atomic mass is 16.5. The highest BCUT2D eigenvalue weighted by molar-refractivity contribution is 5.74. The molecule has 0 fully saturated rings. The molecule has 0 saturated carbocycles. The fourth-order valence-corrected chi connectivity index (χ4v) is 2.87. The van der Waals surface area contributed by atoms with Crippen LogP contribution < -0.4 is 16.0 Å². The Hall–Kier alpha value is -2.24. The van der Waals surface area contributed by atoms with Crippen LogP contribution in [0.5, 0.6) is 0 Å². The normalized spacial score (nSPS) is 22.3. The molecule has 0 heterocycles. The van der Waals surface area contributed by atoms with Gasteiger partial charge >= 0.3 is 12.1 Å². The van der Waals surface area contributed by atoms with Crippen molar-refractivity contribution < 1.29 is 14.3 Å². The van der Waals surface area contributed by atoms with E-state index in [0.717, 1.165) is 24.8 Å². The van der Waals surface area contributed by atoms with Crippen LogP contribution in [0.15, 0.2) is 36.5 Å². The van der Waals surface area contributed by atoms with E-state index in [-0.39, 0.29) is 30.1 Å². The van der Waals surface area contributed by atoms with E-state index in [1.807, 2.05) is 45.9 Å². The van der Waals surface area contributed by atoms with Gasteiger partial charge in [0.25, 0.3) is 0 Å². The molecule has 0 aromatic heterocycles. The standard InChI is InChI=1S/C21H35N3O3/c1-15-11-9-7-8-10-12-17(13-15)16(2)23-19(25)24-18(21(3,4)5)14-27-20(26)22-6/h7-9,11,16-18H,1,10,12-14H2,2-6H3,(H,22,26)(H2,23,24,25)/b8-7-,11-9-. The minimum Gasteiger partial charge on any atom is -0.447 e. The van der Waals surface area contributed by atoms with Crippen LogP contribution in [0, 0.1) is 11.3 Å². The minimum atomic E-state index is -0.509. The van der Waals surface area contributed by atoms with Crippen molar-refractivity contribution in [2.45, 2.75) is 59.0 Å². The molecule has 0 aromatic rings. The number of carbonyl (C=O) groups excluding carboxylic acids is 2. The zero-order chi connectivity index (χ0) is 20.4. The Kier molecular flexibility index (Phi) is 9.12. The second-order valence-electron chi connectivity index (χ2n) is 8.16. The third kappa shape index (κ3) is 8.80. The Bertz CT molecular complexity index is 576. The Balaban J connectivity index is 2.65. The fourth-order valence-electron chi connectivity index (χ4n) is 2.87. The Morgan fingerprint density at radius 3 is 2.63 bits per heavy atom. The largest absolute Gasteiger partial charge is 0.447 e. The van der Waals surface area contributed by atoms with Gasteiger partial charge in [-0.3, -0.25) is 0 Å². The van der Waals surface area contributed by atoms with E-state index in [1.165, 1.54) is 7.05 Å². The van der Waals surface area contributed by atoms with Crippen molar-refractivity contribution in [3.63, 3.8) is 0 Å². The van der Waals surface area contributed by atoms with E-state index in [4.69, 9.17) is 4.74 Å². The molecule has 1 aliphatic carbocycles. The molecule has 0 bridgehead atoms. The molecule has 0 aromatic carbocycles.